The van der Waals surface area contributed by atoms with Gasteiger partial charge in [-0.1, -0.05) is 13.8 Å². The summed E-state index contributed by atoms with van der Waals surface area (Å²) in [7, 11) is 1.90. The van der Waals surface area contributed by atoms with E-state index in [9.17, 15) is 0 Å². The second-order valence-corrected chi connectivity index (χ2v) is 5.82. The van der Waals surface area contributed by atoms with Crippen molar-refractivity contribution in [1.29, 1.82) is 0 Å². The van der Waals surface area contributed by atoms with Crippen molar-refractivity contribution in [3.8, 4) is 0 Å². The summed E-state index contributed by atoms with van der Waals surface area (Å²) < 4.78 is 4.45. The summed E-state index contributed by atoms with van der Waals surface area (Å²) in [6, 6.07) is 0. The molecule has 0 aliphatic heterocycles. The molecule has 1 aliphatic carbocycles. The second kappa shape index (κ2) is 5.13. The van der Waals surface area contributed by atoms with Crippen LogP contribution in [-0.2, 0) is 0 Å². The Labute approximate surface area is 102 Å². The lowest BCUT2D eigenvalue weighted by Crippen LogP contribution is -2.18. The lowest BCUT2D eigenvalue weighted by molar-refractivity contribution is 0.255. The van der Waals surface area contributed by atoms with E-state index in [0.29, 0.717) is 5.92 Å². The molecule has 0 aromatic carbocycles. The maximum absolute atomic E-state index is 4.52. The van der Waals surface area contributed by atoms with Crippen LogP contribution in [0.3, 0.4) is 0 Å². The van der Waals surface area contributed by atoms with Gasteiger partial charge in [0.1, 0.15) is 5.82 Å². The fourth-order valence-corrected chi connectivity index (χ4v) is 3.14. The molecule has 2 rings (SSSR count). The van der Waals surface area contributed by atoms with Gasteiger partial charge in [-0.15, -0.1) is 0 Å². The van der Waals surface area contributed by atoms with Crippen LogP contribution in [-0.4, -0.2) is 16.4 Å². The Morgan fingerprint density at radius 1 is 1.25 bits per heavy atom. The second-order valence-electron chi connectivity index (χ2n) is 5.06. The first-order valence-electron chi connectivity index (χ1n) is 6.22. The Kier molecular flexibility index (Phi) is 3.79. The molecule has 1 saturated carbocycles. The topological polar surface area (TPSA) is 37.8 Å². The van der Waals surface area contributed by atoms with E-state index in [1.165, 1.54) is 37.2 Å². The van der Waals surface area contributed by atoms with Crippen LogP contribution >= 0.6 is 11.5 Å². The molecule has 0 saturated heterocycles. The summed E-state index contributed by atoms with van der Waals surface area (Å²) in [6.45, 7) is 4.68. The lowest BCUT2D eigenvalue weighted by atomic mass is 9.77. The molecule has 90 valence electrons. The molecule has 3 nitrogen and oxygen atoms in total. The molecule has 1 N–H and O–H groups in total. The highest BCUT2D eigenvalue weighted by molar-refractivity contribution is 7.09. The molecule has 0 amide bonds. The van der Waals surface area contributed by atoms with E-state index in [1.807, 2.05) is 7.05 Å². The number of nitrogens with one attached hydrogen (secondary N) is 1. The Bertz CT molecular complexity index is 327. The molecule has 0 unspecified atom stereocenters. The van der Waals surface area contributed by atoms with Gasteiger partial charge in [0.2, 0.25) is 5.13 Å². The molecule has 1 aromatic heterocycles. The highest BCUT2D eigenvalue weighted by Crippen LogP contribution is 2.38. The largest absolute Gasteiger partial charge is 0.363 e. The fourth-order valence-electron chi connectivity index (χ4n) is 2.55. The van der Waals surface area contributed by atoms with Crippen LogP contribution < -0.4 is 5.32 Å². The van der Waals surface area contributed by atoms with Gasteiger partial charge in [0.05, 0.1) is 0 Å². The third-order valence-corrected chi connectivity index (χ3v) is 4.48. The van der Waals surface area contributed by atoms with Crippen molar-refractivity contribution in [1.82, 2.24) is 9.36 Å². The number of aromatic nitrogens is 2. The van der Waals surface area contributed by atoms with Gasteiger partial charge in [-0.05, 0) is 37.5 Å². The molecular formula is C12H21N3S. The van der Waals surface area contributed by atoms with Crippen LogP contribution in [0.25, 0.3) is 0 Å². The minimum atomic E-state index is 0.605. The van der Waals surface area contributed by atoms with E-state index in [4.69, 9.17) is 0 Å². The van der Waals surface area contributed by atoms with E-state index >= 15 is 0 Å². The molecule has 0 spiro atoms. The van der Waals surface area contributed by atoms with Gasteiger partial charge in [-0.25, -0.2) is 4.98 Å². The predicted molar refractivity (Wildman–Crippen MR) is 69.0 cm³/mol. The van der Waals surface area contributed by atoms with Crippen LogP contribution in [0.4, 0.5) is 5.13 Å². The number of hydrogen-bond acceptors (Lipinski definition) is 4. The van der Waals surface area contributed by atoms with E-state index < -0.39 is 0 Å². The van der Waals surface area contributed by atoms with E-state index in [0.717, 1.165) is 22.8 Å². The first-order chi connectivity index (χ1) is 7.70. The van der Waals surface area contributed by atoms with E-state index in [-0.39, 0.29) is 0 Å². The minimum Gasteiger partial charge on any atom is -0.363 e. The average molecular weight is 239 g/mol. The van der Waals surface area contributed by atoms with Gasteiger partial charge in [-0.3, -0.25) is 0 Å². The molecule has 1 aliphatic rings. The summed E-state index contributed by atoms with van der Waals surface area (Å²) in [4.78, 5) is 4.52. The Morgan fingerprint density at radius 3 is 2.44 bits per heavy atom. The molecular weight excluding hydrogens is 218 g/mol. The zero-order chi connectivity index (χ0) is 11.5. The van der Waals surface area contributed by atoms with Gasteiger partial charge >= 0.3 is 0 Å². The summed E-state index contributed by atoms with van der Waals surface area (Å²) >= 11 is 1.48. The van der Waals surface area contributed by atoms with Crippen LogP contribution in [0.15, 0.2) is 0 Å². The van der Waals surface area contributed by atoms with E-state index in [1.54, 1.807) is 0 Å². The van der Waals surface area contributed by atoms with E-state index in [2.05, 4.69) is 28.5 Å². The number of hydrogen-bond donors (Lipinski definition) is 1. The zero-order valence-corrected chi connectivity index (χ0v) is 11.2. The van der Waals surface area contributed by atoms with Crippen LogP contribution in [0.2, 0.25) is 0 Å². The first-order valence-corrected chi connectivity index (χ1v) is 6.99. The molecule has 1 heterocycles. The molecule has 1 fully saturated rings. The van der Waals surface area contributed by atoms with Crippen molar-refractivity contribution >= 4 is 16.7 Å². The molecule has 0 radical (unpaired) electrons. The minimum absolute atomic E-state index is 0.605. The third-order valence-electron chi connectivity index (χ3n) is 3.74. The average Bonchev–Trinajstić information content (AvgIpc) is 2.77. The van der Waals surface area contributed by atoms with Crippen molar-refractivity contribution in [3.63, 3.8) is 0 Å². The van der Waals surface area contributed by atoms with Crippen molar-refractivity contribution < 1.29 is 0 Å². The number of nitrogens with zero attached hydrogens (tertiary/aromatic N) is 2. The predicted octanol–water partition coefficient (Wildman–Crippen LogP) is 3.51. The number of rotatable bonds is 3. The van der Waals surface area contributed by atoms with Gasteiger partial charge in [0.15, 0.2) is 0 Å². The van der Waals surface area contributed by atoms with Crippen molar-refractivity contribution in [3.05, 3.63) is 5.82 Å². The maximum Gasteiger partial charge on any atom is 0.202 e. The Balaban J connectivity index is 1.93. The summed E-state index contributed by atoms with van der Waals surface area (Å²) in [5, 5.41) is 4.00. The van der Waals surface area contributed by atoms with Gasteiger partial charge < -0.3 is 5.32 Å². The number of anilines is 1. The maximum atomic E-state index is 4.52. The van der Waals surface area contributed by atoms with Gasteiger partial charge in [-0.2, -0.15) is 4.37 Å². The zero-order valence-electron chi connectivity index (χ0n) is 10.4. The Morgan fingerprint density at radius 2 is 1.94 bits per heavy atom. The van der Waals surface area contributed by atoms with Gasteiger partial charge in [0, 0.05) is 24.5 Å². The smallest absolute Gasteiger partial charge is 0.202 e. The van der Waals surface area contributed by atoms with Crippen LogP contribution in [0, 0.1) is 11.8 Å². The van der Waals surface area contributed by atoms with Crippen LogP contribution in [0.1, 0.15) is 51.3 Å². The lowest BCUT2D eigenvalue weighted by Gasteiger charge is -2.29. The standard InChI is InChI=1S/C12H21N3S/c1-8(2)9-4-6-10(7-5-9)11-14-12(13-3)16-15-11/h8-10H,4-7H2,1-3H3,(H,13,14,15). The first kappa shape index (κ1) is 11.8. The molecule has 16 heavy (non-hydrogen) atoms. The summed E-state index contributed by atoms with van der Waals surface area (Å²) in [6.07, 6.45) is 5.22. The molecule has 4 heteroatoms. The quantitative estimate of drug-likeness (QED) is 0.877. The SMILES string of the molecule is CNc1nc(C2CCC(C(C)C)CC2)ns1. The summed E-state index contributed by atoms with van der Waals surface area (Å²) in [5.74, 6) is 3.42. The highest BCUT2D eigenvalue weighted by Gasteiger charge is 2.26. The molecule has 1 aromatic rings. The Hall–Kier alpha value is -0.640. The van der Waals surface area contributed by atoms with Crippen molar-refractivity contribution in [2.75, 3.05) is 12.4 Å². The van der Waals surface area contributed by atoms with Crippen molar-refractivity contribution in [2.24, 2.45) is 11.8 Å². The van der Waals surface area contributed by atoms with Gasteiger partial charge in [0.25, 0.3) is 0 Å². The highest BCUT2D eigenvalue weighted by atomic mass is 32.1. The van der Waals surface area contributed by atoms with Crippen LogP contribution in [0.5, 0.6) is 0 Å². The molecule has 0 atom stereocenters. The monoisotopic (exact) mass is 239 g/mol. The molecule has 0 bridgehead atoms. The van der Waals surface area contributed by atoms with Crippen molar-refractivity contribution in [2.45, 2.75) is 45.4 Å². The normalized spacial score (nSPS) is 26.0. The summed E-state index contributed by atoms with van der Waals surface area (Å²) in [5.41, 5.74) is 0. The third kappa shape index (κ3) is 2.54. The fraction of sp³-hybridized carbons (Fsp3) is 0.833.